The summed E-state index contributed by atoms with van der Waals surface area (Å²) in [5.41, 5.74) is 5.16. The van der Waals surface area contributed by atoms with Gasteiger partial charge in [-0.25, -0.2) is 0 Å². The number of nitrogens with two attached hydrogens (primary N) is 1. The second-order valence-electron chi connectivity index (χ2n) is 5.46. The molecule has 2 atom stereocenters. The van der Waals surface area contributed by atoms with Crippen LogP contribution < -0.4 is 5.73 Å². The molecule has 0 bridgehead atoms. The number of thioether (sulfide) groups is 1. The maximum atomic E-state index is 10.3. The predicted octanol–water partition coefficient (Wildman–Crippen LogP) is 2.54. The molecule has 0 aromatic carbocycles. The molecule has 0 radical (unpaired) electrons. The normalized spacial score (nSPS) is 36.0. The Hall–Kier alpha value is 0.270. The molecule has 3 N–H and O–H groups in total. The number of rotatable bonds is 5. The molecule has 3 heteroatoms. The number of hydrogen-bond donors (Lipinski definition) is 2. The van der Waals surface area contributed by atoms with Crippen molar-refractivity contribution in [3.63, 3.8) is 0 Å². The Morgan fingerprint density at radius 1 is 1.19 bits per heavy atom. The Labute approximate surface area is 103 Å². The summed E-state index contributed by atoms with van der Waals surface area (Å²) in [6, 6.07) is 0. The first-order valence-electron chi connectivity index (χ1n) is 6.79. The van der Waals surface area contributed by atoms with E-state index in [-0.39, 0.29) is 0 Å². The summed E-state index contributed by atoms with van der Waals surface area (Å²) < 4.78 is 0. The van der Waals surface area contributed by atoms with Crippen molar-refractivity contribution >= 4 is 11.8 Å². The quantitative estimate of drug-likeness (QED) is 0.780. The summed E-state index contributed by atoms with van der Waals surface area (Å²) in [5, 5.41) is 11.2. The van der Waals surface area contributed by atoms with Gasteiger partial charge in [-0.2, -0.15) is 11.8 Å². The van der Waals surface area contributed by atoms with Crippen LogP contribution in [0.4, 0.5) is 0 Å². The third kappa shape index (κ3) is 2.93. The average Bonchev–Trinajstić information content (AvgIpc) is 2.90. The molecule has 0 heterocycles. The molecular formula is C13H25NOS. The molecule has 16 heavy (non-hydrogen) atoms. The van der Waals surface area contributed by atoms with Crippen LogP contribution in [-0.4, -0.2) is 28.3 Å². The highest BCUT2D eigenvalue weighted by molar-refractivity contribution is 7.99. The fraction of sp³-hybridized carbons (Fsp3) is 1.00. The Morgan fingerprint density at radius 2 is 1.94 bits per heavy atom. The standard InChI is InChI=1S/C13H25NOS/c14-10-13(15)8-3-4-11(13)7-9-16-12-5-1-2-6-12/h11-12,15H,1-10,14H2. The summed E-state index contributed by atoms with van der Waals surface area (Å²) >= 11 is 2.13. The molecule has 0 aromatic heterocycles. The maximum absolute atomic E-state index is 10.3. The first kappa shape index (κ1) is 12.7. The SMILES string of the molecule is NCC1(O)CCCC1CCSC1CCCC1. The Kier molecular flexibility index (Phi) is 4.57. The van der Waals surface area contributed by atoms with Crippen molar-refractivity contribution in [1.29, 1.82) is 0 Å². The summed E-state index contributed by atoms with van der Waals surface area (Å²) in [5.74, 6) is 1.68. The highest BCUT2D eigenvalue weighted by Gasteiger charge is 2.39. The van der Waals surface area contributed by atoms with Crippen molar-refractivity contribution in [2.45, 2.75) is 62.2 Å². The second-order valence-corrected chi connectivity index (χ2v) is 6.87. The van der Waals surface area contributed by atoms with Gasteiger partial charge < -0.3 is 10.8 Å². The van der Waals surface area contributed by atoms with E-state index in [9.17, 15) is 5.11 Å². The summed E-state index contributed by atoms with van der Waals surface area (Å²) in [7, 11) is 0. The average molecular weight is 243 g/mol. The van der Waals surface area contributed by atoms with E-state index in [4.69, 9.17) is 5.73 Å². The molecule has 0 aliphatic heterocycles. The van der Waals surface area contributed by atoms with Crippen molar-refractivity contribution in [1.82, 2.24) is 0 Å². The van der Waals surface area contributed by atoms with Crippen LogP contribution in [0.5, 0.6) is 0 Å². The van der Waals surface area contributed by atoms with E-state index in [1.807, 2.05) is 0 Å². The molecule has 2 saturated carbocycles. The lowest BCUT2D eigenvalue weighted by atomic mass is 9.89. The Morgan fingerprint density at radius 3 is 2.62 bits per heavy atom. The minimum absolute atomic E-state index is 0.450. The van der Waals surface area contributed by atoms with Gasteiger partial charge in [0.1, 0.15) is 0 Å². The van der Waals surface area contributed by atoms with Gasteiger partial charge in [-0.15, -0.1) is 0 Å². The van der Waals surface area contributed by atoms with Crippen molar-refractivity contribution in [3.05, 3.63) is 0 Å². The Bertz CT molecular complexity index is 218. The van der Waals surface area contributed by atoms with E-state index in [2.05, 4.69) is 11.8 Å². The van der Waals surface area contributed by atoms with Gasteiger partial charge in [0.05, 0.1) is 5.60 Å². The summed E-state index contributed by atoms with van der Waals surface area (Å²) in [6.07, 6.45) is 10.1. The largest absolute Gasteiger partial charge is 0.388 e. The lowest BCUT2D eigenvalue weighted by Crippen LogP contribution is -2.41. The lowest BCUT2D eigenvalue weighted by Gasteiger charge is -2.28. The van der Waals surface area contributed by atoms with Gasteiger partial charge in [-0.3, -0.25) is 0 Å². The van der Waals surface area contributed by atoms with Crippen LogP contribution in [0.3, 0.4) is 0 Å². The van der Waals surface area contributed by atoms with Gasteiger partial charge in [0, 0.05) is 11.8 Å². The summed E-state index contributed by atoms with van der Waals surface area (Å²) in [4.78, 5) is 0. The summed E-state index contributed by atoms with van der Waals surface area (Å²) in [6.45, 7) is 0.450. The third-order valence-corrected chi connectivity index (χ3v) is 5.81. The van der Waals surface area contributed by atoms with Crippen LogP contribution in [0, 0.1) is 5.92 Å². The van der Waals surface area contributed by atoms with Crippen LogP contribution >= 0.6 is 11.8 Å². The molecule has 2 nitrogen and oxygen atoms in total. The molecular weight excluding hydrogens is 218 g/mol. The van der Waals surface area contributed by atoms with Gasteiger partial charge >= 0.3 is 0 Å². The molecule has 2 aliphatic carbocycles. The number of aliphatic hydroxyl groups is 1. The van der Waals surface area contributed by atoms with E-state index >= 15 is 0 Å². The van der Waals surface area contributed by atoms with Crippen LogP contribution in [0.1, 0.15) is 51.4 Å². The van der Waals surface area contributed by atoms with Crippen LogP contribution in [0.15, 0.2) is 0 Å². The van der Waals surface area contributed by atoms with Crippen molar-refractivity contribution in [2.24, 2.45) is 11.7 Å². The van der Waals surface area contributed by atoms with Gasteiger partial charge in [-0.05, 0) is 43.8 Å². The molecule has 0 amide bonds. The minimum Gasteiger partial charge on any atom is -0.388 e. The lowest BCUT2D eigenvalue weighted by molar-refractivity contribution is 0.0103. The van der Waals surface area contributed by atoms with Crippen molar-refractivity contribution in [3.8, 4) is 0 Å². The zero-order chi connectivity index (χ0) is 11.4. The second kappa shape index (κ2) is 5.74. The third-order valence-electron chi connectivity index (χ3n) is 4.40. The highest BCUT2D eigenvalue weighted by atomic mass is 32.2. The zero-order valence-corrected chi connectivity index (χ0v) is 11.0. The molecule has 0 spiro atoms. The molecule has 0 saturated heterocycles. The Balaban J connectivity index is 1.68. The van der Waals surface area contributed by atoms with E-state index in [1.54, 1.807) is 0 Å². The smallest absolute Gasteiger partial charge is 0.0797 e. The van der Waals surface area contributed by atoms with E-state index < -0.39 is 5.60 Å². The molecule has 2 unspecified atom stereocenters. The first-order chi connectivity index (χ1) is 7.74. The topological polar surface area (TPSA) is 46.2 Å². The first-order valence-corrected chi connectivity index (χ1v) is 7.83. The van der Waals surface area contributed by atoms with Gasteiger partial charge in [0.15, 0.2) is 0 Å². The van der Waals surface area contributed by atoms with Gasteiger partial charge in [0.25, 0.3) is 0 Å². The van der Waals surface area contributed by atoms with E-state index in [1.165, 1.54) is 37.9 Å². The van der Waals surface area contributed by atoms with Crippen LogP contribution in [0.25, 0.3) is 0 Å². The molecule has 2 rings (SSSR count). The molecule has 94 valence electrons. The maximum Gasteiger partial charge on any atom is 0.0797 e. The zero-order valence-electron chi connectivity index (χ0n) is 10.2. The van der Waals surface area contributed by atoms with Crippen LogP contribution in [0.2, 0.25) is 0 Å². The van der Waals surface area contributed by atoms with Crippen molar-refractivity contribution in [2.75, 3.05) is 12.3 Å². The highest BCUT2D eigenvalue weighted by Crippen LogP contribution is 2.39. The van der Waals surface area contributed by atoms with Gasteiger partial charge in [-0.1, -0.05) is 19.3 Å². The molecule has 2 aliphatic rings. The fourth-order valence-electron chi connectivity index (χ4n) is 3.24. The predicted molar refractivity (Wildman–Crippen MR) is 70.7 cm³/mol. The van der Waals surface area contributed by atoms with Crippen LogP contribution in [-0.2, 0) is 0 Å². The fourth-order valence-corrected chi connectivity index (χ4v) is 4.66. The minimum atomic E-state index is -0.532. The number of hydrogen-bond acceptors (Lipinski definition) is 3. The van der Waals surface area contributed by atoms with Gasteiger partial charge in [0.2, 0.25) is 0 Å². The van der Waals surface area contributed by atoms with Crippen molar-refractivity contribution < 1.29 is 5.11 Å². The monoisotopic (exact) mass is 243 g/mol. The van der Waals surface area contributed by atoms with E-state index in [0.717, 1.165) is 24.5 Å². The van der Waals surface area contributed by atoms with E-state index in [0.29, 0.717) is 12.5 Å². The molecule has 0 aromatic rings. The molecule has 2 fully saturated rings.